The van der Waals surface area contributed by atoms with Gasteiger partial charge in [-0.3, -0.25) is 19.6 Å². The van der Waals surface area contributed by atoms with E-state index in [1.165, 1.54) is 12.8 Å². The predicted molar refractivity (Wildman–Crippen MR) is 147 cm³/mol. The third kappa shape index (κ3) is 4.36. The number of aryl methyl sites for hydroxylation is 1. The van der Waals surface area contributed by atoms with Gasteiger partial charge in [0.1, 0.15) is 23.8 Å². The molecule has 0 aromatic carbocycles. The Bertz CT molecular complexity index is 1340. The van der Waals surface area contributed by atoms with Crippen LogP contribution in [0.4, 0.5) is 11.6 Å². The van der Waals surface area contributed by atoms with Crippen LogP contribution in [0.1, 0.15) is 79.5 Å². The fourth-order valence-electron chi connectivity index (χ4n) is 6.77. The number of pyridine rings is 2. The molecule has 2 aliphatic heterocycles. The molecule has 1 saturated carbocycles. The van der Waals surface area contributed by atoms with Gasteiger partial charge in [-0.05, 0) is 80.3 Å². The van der Waals surface area contributed by atoms with E-state index < -0.39 is 0 Å². The topological polar surface area (TPSA) is 92.1 Å². The maximum absolute atomic E-state index is 13.7. The number of rotatable bonds is 7. The van der Waals surface area contributed by atoms with E-state index in [9.17, 15) is 4.79 Å². The number of amides is 1. The molecule has 0 bridgehead atoms. The molecule has 3 aliphatic rings. The fraction of sp³-hybridized carbons (Fsp3) is 0.552. The van der Waals surface area contributed by atoms with Gasteiger partial charge in [0.05, 0.1) is 23.2 Å². The van der Waals surface area contributed by atoms with Crippen LogP contribution < -0.4 is 10.2 Å². The Labute approximate surface area is 224 Å². The van der Waals surface area contributed by atoms with E-state index in [2.05, 4.69) is 53.3 Å². The smallest absolute Gasteiger partial charge is 0.261 e. The molecule has 0 spiro atoms. The monoisotopic (exact) mass is 514 g/mol. The van der Waals surface area contributed by atoms with E-state index in [0.29, 0.717) is 23.8 Å². The van der Waals surface area contributed by atoms with Crippen molar-refractivity contribution in [2.75, 3.05) is 29.9 Å². The van der Waals surface area contributed by atoms with E-state index in [1.54, 1.807) is 11.2 Å². The van der Waals surface area contributed by atoms with Gasteiger partial charge >= 0.3 is 0 Å². The molecule has 1 saturated heterocycles. The van der Waals surface area contributed by atoms with Gasteiger partial charge in [0.15, 0.2) is 0 Å². The largest absolute Gasteiger partial charge is 0.370 e. The first-order valence-electron chi connectivity index (χ1n) is 14.0. The summed E-state index contributed by atoms with van der Waals surface area (Å²) in [5.41, 5.74) is 3.52. The summed E-state index contributed by atoms with van der Waals surface area (Å²) in [6.45, 7) is 10.9. The lowest BCUT2D eigenvalue weighted by Crippen LogP contribution is -2.43. The molecule has 1 N–H and O–H groups in total. The second-order valence-electron chi connectivity index (χ2n) is 11.7. The minimum Gasteiger partial charge on any atom is -0.370 e. The lowest BCUT2D eigenvalue weighted by atomic mass is 9.58. The summed E-state index contributed by atoms with van der Waals surface area (Å²) in [5, 5.41) is 12.1. The number of hydrogen-bond acceptors (Lipinski definition) is 7. The van der Waals surface area contributed by atoms with Crippen LogP contribution in [0.25, 0.3) is 0 Å². The van der Waals surface area contributed by atoms with Gasteiger partial charge in [-0.1, -0.05) is 13.8 Å². The average molecular weight is 515 g/mol. The highest BCUT2D eigenvalue weighted by Gasteiger charge is 2.49. The van der Waals surface area contributed by atoms with Crippen LogP contribution in [-0.4, -0.2) is 55.2 Å². The quantitative estimate of drug-likeness (QED) is 0.506. The SMILES string of the molecule is CCNc1cc(C2(c3nncn3C)CC(C)C2)cc(N2Cc3ncc(CN4CCC[C@H](C)C4)cc3C2=O)n1. The standard InChI is InChI=1S/C29H38N8O/c1-5-30-25-10-22(29(12-20(3)13-29)28-34-32-18-35(28)4)11-26(33-25)37-17-24-23(27(37)38)9-21(14-31-24)16-36-8-6-7-19(2)15-36/h9-11,14,18-20H,5-8,12-13,15-17H2,1-4H3,(H,30,33)/t19-,20?,29?/m0/s1. The highest BCUT2D eigenvalue weighted by atomic mass is 16.2. The molecule has 3 aromatic heterocycles. The Morgan fingerprint density at radius 3 is 2.71 bits per heavy atom. The first kappa shape index (κ1) is 25.0. The van der Waals surface area contributed by atoms with Crippen LogP contribution in [-0.2, 0) is 25.6 Å². The maximum atomic E-state index is 13.7. The van der Waals surface area contributed by atoms with E-state index in [-0.39, 0.29) is 11.3 Å². The molecule has 0 unspecified atom stereocenters. The highest BCUT2D eigenvalue weighted by molar-refractivity contribution is 6.09. The highest BCUT2D eigenvalue weighted by Crippen LogP contribution is 2.52. The van der Waals surface area contributed by atoms with Gasteiger partial charge < -0.3 is 9.88 Å². The zero-order valence-electron chi connectivity index (χ0n) is 22.9. The molecular weight excluding hydrogens is 476 g/mol. The molecule has 9 nitrogen and oxygen atoms in total. The number of piperidine rings is 1. The summed E-state index contributed by atoms with van der Waals surface area (Å²) in [4.78, 5) is 27.6. The molecule has 6 rings (SSSR count). The van der Waals surface area contributed by atoms with Crippen LogP contribution in [0.5, 0.6) is 0 Å². The van der Waals surface area contributed by atoms with Crippen molar-refractivity contribution in [1.82, 2.24) is 29.6 Å². The average Bonchev–Trinajstić information content (AvgIpc) is 3.45. The number of fused-ring (bicyclic) bond motifs is 1. The maximum Gasteiger partial charge on any atom is 0.261 e. The molecule has 1 atom stereocenters. The van der Waals surface area contributed by atoms with Gasteiger partial charge in [-0.2, -0.15) is 0 Å². The molecule has 1 amide bonds. The Hall–Kier alpha value is -3.33. The van der Waals surface area contributed by atoms with E-state index in [0.717, 1.165) is 73.4 Å². The van der Waals surface area contributed by atoms with Crippen molar-refractivity contribution in [1.29, 1.82) is 0 Å². The Kier molecular flexibility index (Phi) is 6.42. The second-order valence-corrected chi connectivity index (χ2v) is 11.7. The van der Waals surface area contributed by atoms with E-state index in [4.69, 9.17) is 9.97 Å². The zero-order chi connectivity index (χ0) is 26.4. The molecule has 200 valence electrons. The molecule has 38 heavy (non-hydrogen) atoms. The van der Waals surface area contributed by atoms with Crippen molar-refractivity contribution < 1.29 is 4.79 Å². The van der Waals surface area contributed by atoms with Gasteiger partial charge in [0.2, 0.25) is 0 Å². The van der Waals surface area contributed by atoms with Gasteiger partial charge in [0, 0.05) is 32.9 Å². The van der Waals surface area contributed by atoms with Crippen LogP contribution in [0, 0.1) is 11.8 Å². The summed E-state index contributed by atoms with van der Waals surface area (Å²) >= 11 is 0. The predicted octanol–water partition coefficient (Wildman–Crippen LogP) is 4.15. The first-order valence-corrected chi connectivity index (χ1v) is 14.0. The first-order chi connectivity index (χ1) is 18.4. The Balaban J connectivity index is 1.32. The van der Waals surface area contributed by atoms with Gasteiger partial charge in [0.25, 0.3) is 5.91 Å². The lowest BCUT2D eigenvalue weighted by Gasteiger charge is -2.46. The number of anilines is 2. The van der Waals surface area contributed by atoms with Crippen LogP contribution in [0.2, 0.25) is 0 Å². The number of nitrogens with zero attached hydrogens (tertiary/aromatic N) is 7. The van der Waals surface area contributed by atoms with Crippen LogP contribution >= 0.6 is 0 Å². The summed E-state index contributed by atoms with van der Waals surface area (Å²) in [5.74, 6) is 3.68. The van der Waals surface area contributed by atoms with Crippen molar-refractivity contribution in [3.63, 3.8) is 0 Å². The summed E-state index contributed by atoms with van der Waals surface area (Å²) in [6.07, 6.45) is 8.22. The van der Waals surface area contributed by atoms with Crippen molar-refractivity contribution in [3.05, 3.63) is 58.9 Å². The molecule has 0 radical (unpaired) electrons. The number of carbonyl (C=O) groups excluding carboxylic acids is 1. The minimum absolute atomic E-state index is 0.0249. The van der Waals surface area contributed by atoms with Gasteiger partial charge in [-0.15, -0.1) is 10.2 Å². The number of aromatic nitrogens is 5. The molecule has 5 heterocycles. The van der Waals surface area contributed by atoms with Crippen molar-refractivity contribution in [3.8, 4) is 0 Å². The zero-order valence-corrected chi connectivity index (χ0v) is 22.9. The number of nitrogens with one attached hydrogen (secondary N) is 1. The third-order valence-electron chi connectivity index (χ3n) is 8.49. The van der Waals surface area contributed by atoms with Gasteiger partial charge in [-0.25, -0.2) is 4.98 Å². The lowest BCUT2D eigenvalue weighted by molar-refractivity contribution is 0.0995. The Morgan fingerprint density at radius 2 is 2.00 bits per heavy atom. The molecule has 3 aromatic rings. The van der Waals surface area contributed by atoms with Crippen molar-refractivity contribution >= 4 is 17.5 Å². The number of hydrogen-bond donors (Lipinski definition) is 1. The van der Waals surface area contributed by atoms with E-state index in [1.807, 2.05) is 23.9 Å². The minimum atomic E-state index is -0.237. The summed E-state index contributed by atoms with van der Waals surface area (Å²) in [7, 11) is 2.00. The van der Waals surface area contributed by atoms with Crippen molar-refractivity contribution in [2.45, 2.75) is 65.0 Å². The molecule has 9 heteroatoms. The van der Waals surface area contributed by atoms with Crippen LogP contribution in [0.15, 0.2) is 30.7 Å². The fourth-order valence-corrected chi connectivity index (χ4v) is 6.77. The van der Waals surface area contributed by atoms with Crippen LogP contribution in [0.3, 0.4) is 0 Å². The normalized spacial score (nSPS) is 25.4. The van der Waals surface area contributed by atoms with Crippen molar-refractivity contribution in [2.24, 2.45) is 18.9 Å². The Morgan fingerprint density at radius 1 is 1.16 bits per heavy atom. The second kappa shape index (κ2) is 9.76. The molecule has 1 aliphatic carbocycles. The molecular formula is C29H38N8O. The van der Waals surface area contributed by atoms with E-state index >= 15 is 0 Å². The molecule has 2 fully saturated rings. The summed E-state index contributed by atoms with van der Waals surface area (Å²) < 4.78 is 2.02. The summed E-state index contributed by atoms with van der Waals surface area (Å²) in [6, 6.07) is 6.26. The number of carbonyl (C=O) groups is 1. The number of likely N-dealkylation sites (tertiary alicyclic amines) is 1. The third-order valence-corrected chi connectivity index (χ3v) is 8.49.